The lowest BCUT2D eigenvalue weighted by atomic mass is 10.0. The molecule has 0 aromatic rings. The maximum Gasteiger partial charge on any atom is 0.331 e. The fourth-order valence-corrected chi connectivity index (χ4v) is 3.77. The molecule has 126 valence electrons. The molecule has 0 aromatic carbocycles. The summed E-state index contributed by atoms with van der Waals surface area (Å²) in [6, 6.07) is 0.292. The Bertz CT molecular complexity index is 402. The first-order valence-electron chi connectivity index (χ1n) is 8.35. The van der Waals surface area contributed by atoms with Crippen LogP contribution in [0, 0.1) is 5.92 Å². The molecule has 1 saturated carbocycles. The first kappa shape index (κ1) is 16.0. The lowest BCUT2D eigenvalue weighted by Gasteiger charge is -2.38. The molecule has 0 radical (unpaired) electrons. The van der Waals surface area contributed by atoms with Crippen LogP contribution < -0.4 is 16.3 Å². The molecule has 7 heteroatoms. The number of ether oxygens (including phenoxy) is 1. The third-order valence-corrected chi connectivity index (χ3v) is 5.17. The first-order valence-corrected chi connectivity index (χ1v) is 8.35. The van der Waals surface area contributed by atoms with E-state index in [0.29, 0.717) is 12.0 Å². The number of amides is 2. The van der Waals surface area contributed by atoms with Gasteiger partial charge in [-0.1, -0.05) is 0 Å². The van der Waals surface area contributed by atoms with Crippen LogP contribution >= 0.6 is 0 Å². The predicted octanol–water partition coefficient (Wildman–Crippen LogP) is 0.774. The Balaban J connectivity index is 1.47. The van der Waals surface area contributed by atoms with E-state index in [1.54, 1.807) is 7.05 Å². The van der Waals surface area contributed by atoms with Crippen molar-refractivity contribution in [2.24, 2.45) is 5.92 Å². The van der Waals surface area contributed by atoms with Crippen LogP contribution in [0.2, 0.25) is 0 Å². The fraction of sp³-hybridized carbons (Fsp3) is 0.933. The van der Waals surface area contributed by atoms with Crippen LogP contribution in [0.5, 0.6) is 0 Å². The molecule has 1 aliphatic carbocycles. The van der Waals surface area contributed by atoms with E-state index in [-0.39, 0.29) is 17.7 Å². The maximum atomic E-state index is 12.1. The second-order valence-corrected chi connectivity index (χ2v) is 7.02. The topological polar surface area (TPSA) is 74.9 Å². The van der Waals surface area contributed by atoms with Crippen molar-refractivity contribution in [3.8, 4) is 0 Å². The van der Waals surface area contributed by atoms with Crippen LogP contribution in [-0.2, 0) is 9.57 Å². The summed E-state index contributed by atoms with van der Waals surface area (Å²) >= 11 is 0. The van der Waals surface area contributed by atoms with E-state index in [4.69, 9.17) is 9.57 Å². The molecular weight excluding hydrogens is 284 g/mol. The van der Waals surface area contributed by atoms with Crippen LogP contribution in [0.15, 0.2) is 0 Å². The highest BCUT2D eigenvalue weighted by molar-refractivity contribution is 5.74. The van der Waals surface area contributed by atoms with Crippen LogP contribution in [0.4, 0.5) is 4.79 Å². The van der Waals surface area contributed by atoms with Crippen LogP contribution in [0.25, 0.3) is 0 Å². The van der Waals surface area contributed by atoms with Gasteiger partial charge in [-0.3, -0.25) is 10.3 Å². The summed E-state index contributed by atoms with van der Waals surface area (Å²) in [7, 11) is 1.72. The molecule has 4 atom stereocenters. The van der Waals surface area contributed by atoms with Gasteiger partial charge in [0.2, 0.25) is 0 Å². The van der Waals surface area contributed by atoms with Crippen molar-refractivity contribution >= 4 is 6.03 Å². The average Bonchev–Trinajstić information content (AvgIpc) is 2.73. The van der Waals surface area contributed by atoms with Gasteiger partial charge in [0, 0.05) is 32.7 Å². The zero-order valence-electron chi connectivity index (χ0n) is 13.6. The van der Waals surface area contributed by atoms with Crippen molar-refractivity contribution in [3.05, 3.63) is 0 Å². The third kappa shape index (κ3) is 3.53. The lowest BCUT2D eigenvalue weighted by molar-refractivity contribution is -0.203. The average molecular weight is 312 g/mol. The highest BCUT2D eigenvalue weighted by Gasteiger charge is 2.39. The molecule has 3 fully saturated rings. The Morgan fingerprint density at radius 3 is 2.95 bits per heavy atom. The number of hydrogen-bond donors (Lipinski definition) is 3. The molecule has 2 bridgehead atoms. The van der Waals surface area contributed by atoms with Crippen molar-refractivity contribution in [2.75, 3.05) is 26.7 Å². The molecule has 2 saturated heterocycles. The van der Waals surface area contributed by atoms with Gasteiger partial charge < -0.3 is 9.64 Å². The Morgan fingerprint density at radius 1 is 1.45 bits per heavy atom. The SMILES string of the molecule is CNNC(=O)N1CC2CC[C@@H](OCCC3(C)CNO3)C[C@H]1C2. The Morgan fingerprint density at radius 2 is 2.27 bits per heavy atom. The van der Waals surface area contributed by atoms with E-state index in [9.17, 15) is 4.79 Å². The third-order valence-electron chi connectivity index (χ3n) is 5.17. The van der Waals surface area contributed by atoms with E-state index in [1.807, 2.05) is 4.90 Å². The van der Waals surface area contributed by atoms with Crippen molar-refractivity contribution in [2.45, 2.75) is 56.8 Å². The lowest BCUT2D eigenvalue weighted by Crippen LogP contribution is -2.55. The van der Waals surface area contributed by atoms with Gasteiger partial charge in [-0.2, -0.15) is 5.48 Å². The molecule has 3 N–H and O–H groups in total. The number of carbonyl (C=O) groups is 1. The van der Waals surface area contributed by atoms with Crippen molar-refractivity contribution in [3.63, 3.8) is 0 Å². The molecule has 3 aliphatic rings. The summed E-state index contributed by atoms with van der Waals surface area (Å²) in [5.74, 6) is 0.623. The molecule has 3 rings (SSSR count). The summed E-state index contributed by atoms with van der Waals surface area (Å²) in [6.07, 6.45) is 5.50. The highest BCUT2D eigenvalue weighted by Crippen LogP contribution is 2.35. The van der Waals surface area contributed by atoms with Gasteiger partial charge in [0.1, 0.15) is 5.60 Å². The molecule has 22 heavy (non-hydrogen) atoms. The number of hydrogen-bond acceptors (Lipinski definition) is 5. The Labute approximate surface area is 132 Å². The second-order valence-electron chi connectivity index (χ2n) is 7.02. The van der Waals surface area contributed by atoms with E-state index >= 15 is 0 Å². The van der Waals surface area contributed by atoms with Gasteiger partial charge in [0.05, 0.1) is 12.6 Å². The molecule has 0 aromatic heterocycles. The number of rotatable bonds is 5. The number of carbonyl (C=O) groups excluding carboxylic acids is 1. The Kier molecular flexibility index (Phi) is 4.87. The van der Waals surface area contributed by atoms with Gasteiger partial charge in [-0.15, -0.1) is 0 Å². The summed E-state index contributed by atoms with van der Waals surface area (Å²) < 4.78 is 6.09. The summed E-state index contributed by atoms with van der Waals surface area (Å²) in [4.78, 5) is 19.4. The monoisotopic (exact) mass is 312 g/mol. The number of hydrazine groups is 1. The van der Waals surface area contributed by atoms with E-state index in [0.717, 1.165) is 51.8 Å². The molecule has 2 amide bonds. The van der Waals surface area contributed by atoms with E-state index in [2.05, 4.69) is 23.3 Å². The number of urea groups is 1. The number of nitrogens with zero attached hydrogens (tertiary/aromatic N) is 1. The second kappa shape index (κ2) is 6.70. The molecule has 0 spiro atoms. The largest absolute Gasteiger partial charge is 0.378 e. The van der Waals surface area contributed by atoms with E-state index < -0.39 is 0 Å². The molecule has 2 aliphatic heterocycles. The minimum Gasteiger partial charge on any atom is -0.378 e. The van der Waals surface area contributed by atoms with E-state index in [1.165, 1.54) is 0 Å². The zero-order valence-corrected chi connectivity index (χ0v) is 13.6. The Hall–Kier alpha value is -0.890. The van der Waals surface area contributed by atoms with Crippen molar-refractivity contribution in [1.82, 2.24) is 21.2 Å². The number of hydroxylamine groups is 1. The van der Waals surface area contributed by atoms with Crippen LogP contribution in [0.3, 0.4) is 0 Å². The van der Waals surface area contributed by atoms with Crippen molar-refractivity contribution < 1.29 is 14.4 Å². The molecule has 7 nitrogen and oxygen atoms in total. The number of likely N-dealkylation sites (tertiary alicyclic amines) is 1. The summed E-state index contributed by atoms with van der Waals surface area (Å²) in [5.41, 5.74) is 8.18. The van der Waals surface area contributed by atoms with Gasteiger partial charge in [0.25, 0.3) is 0 Å². The zero-order chi connectivity index (χ0) is 15.6. The first-order chi connectivity index (χ1) is 10.6. The van der Waals surface area contributed by atoms with Crippen molar-refractivity contribution in [1.29, 1.82) is 0 Å². The minimum absolute atomic E-state index is 0.0166. The van der Waals surface area contributed by atoms with Gasteiger partial charge in [0.15, 0.2) is 0 Å². The minimum atomic E-state index is -0.0670. The number of nitrogens with one attached hydrogen (secondary N) is 3. The smallest absolute Gasteiger partial charge is 0.331 e. The molecular formula is C15H28N4O3. The summed E-state index contributed by atoms with van der Waals surface area (Å²) in [6.45, 7) is 4.60. The van der Waals surface area contributed by atoms with Crippen LogP contribution in [0.1, 0.15) is 39.0 Å². The van der Waals surface area contributed by atoms with Gasteiger partial charge >= 0.3 is 6.03 Å². The summed E-state index contributed by atoms with van der Waals surface area (Å²) in [5, 5.41) is 0. The highest BCUT2D eigenvalue weighted by atomic mass is 16.7. The van der Waals surface area contributed by atoms with Crippen LogP contribution in [-0.4, -0.2) is 55.4 Å². The predicted molar refractivity (Wildman–Crippen MR) is 81.9 cm³/mol. The fourth-order valence-electron chi connectivity index (χ4n) is 3.77. The normalized spacial score (nSPS) is 37.5. The molecule has 2 unspecified atom stereocenters. The van der Waals surface area contributed by atoms with Gasteiger partial charge in [-0.05, 0) is 38.5 Å². The molecule has 2 heterocycles. The number of fused-ring (bicyclic) bond motifs is 2. The van der Waals surface area contributed by atoms with Gasteiger partial charge in [-0.25, -0.2) is 10.2 Å². The maximum absolute atomic E-state index is 12.1. The standard InChI is InChI=1S/C15H28N4O3/c1-15(10-17-22-15)5-6-21-13-4-3-11-7-12(8-13)19(9-11)14(20)18-16-2/h11-13,16-17H,3-10H2,1-2H3,(H,18,20)/t11?,12-,13-,15?/m1/s1. The quantitative estimate of drug-likeness (QED) is 0.654.